The van der Waals surface area contributed by atoms with Crippen molar-refractivity contribution >= 4 is 11.9 Å². The average molecular weight is 299 g/mol. The van der Waals surface area contributed by atoms with Gasteiger partial charge >= 0.3 is 0 Å². The minimum atomic E-state index is -0.0743. The molecule has 22 heavy (non-hydrogen) atoms. The lowest BCUT2D eigenvalue weighted by Crippen LogP contribution is -2.37. The van der Waals surface area contributed by atoms with E-state index in [1.54, 1.807) is 11.1 Å². The summed E-state index contributed by atoms with van der Waals surface area (Å²) in [6, 6.07) is 0. The first-order chi connectivity index (χ1) is 10.7. The lowest BCUT2D eigenvalue weighted by atomic mass is 9.96. The number of rotatable bonds is 1. The van der Waals surface area contributed by atoms with Crippen molar-refractivity contribution < 1.29 is 9.32 Å². The highest BCUT2D eigenvalue weighted by Gasteiger charge is 2.29. The summed E-state index contributed by atoms with van der Waals surface area (Å²) in [6.07, 6.45) is 6.42. The molecule has 0 aromatic carbocycles. The monoisotopic (exact) mass is 299 g/mol. The van der Waals surface area contributed by atoms with E-state index in [1.165, 1.54) is 0 Å². The second-order valence-corrected chi connectivity index (χ2v) is 5.82. The number of carbonyl (C=O) groups is 1. The normalized spacial score (nSPS) is 17.0. The van der Waals surface area contributed by atoms with E-state index >= 15 is 0 Å². The van der Waals surface area contributed by atoms with Gasteiger partial charge in [0.05, 0.1) is 12.2 Å². The van der Waals surface area contributed by atoms with Gasteiger partial charge in [-0.1, -0.05) is 5.16 Å². The van der Waals surface area contributed by atoms with Crippen LogP contribution in [0.15, 0.2) is 10.7 Å². The maximum Gasteiger partial charge on any atom is 0.276 e. The molecule has 0 saturated carbocycles. The first-order valence-electron chi connectivity index (χ1n) is 7.59. The Hall–Kier alpha value is -2.44. The number of hydrogen-bond donors (Lipinski definition) is 1. The summed E-state index contributed by atoms with van der Waals surface area (Å²) in [5.41, 5.74) is 8.98. The van der Waals surface area contributed by atoms with Gasteiger partial charge in [0.2, 0.25) is 5.95 Å². The van der Waals surface area contributed by atoms with Gasteiger partial charge in [0.25, 0.3) is 5.91 Å². The number of amides is 1. The molecule has 0 spiro atoms. The number of nitrogen functional groups attached to an aromatic ring is 1. The van der Waals surface area contributed by atoms with Gasteiger partial charge < -0.3 is 15.2 Å². The van der Waals surface area contributed by atoms with Gasteiger partial charge in [-0.25, -0.2) is 9.97 Å². The summed E-state index contributed by atoms with van der Waals surface area (Å²) >= 11 is 0. The number of anilines is 1. The number of aromatic nitrogens is 3. The van der Waals surface area contributed by atoms with Crippen LogP contribution in [-0.2, 0) is 25.8 Å². The Balaban J connectivity index is 1.60. The first kappa shape index (κ1) is 13.2. The van der Waals surface area contributed by atoms with E-state index in [0.29, 0.717) is 18.8 Å². The maximum atomic E-state index is 12.8. The molecular formula is C15H17N5O2. The first-order valence-corrected chi connectivity index (χ1v) is 7.59. The zero-order valence-corrected chi connectivity index (χ0v) is 12.2. The number of carbonyl (C=O) groups excluding carboxylic acids is 1. The third-order valence-electron chi connectivity index (χ3n) is 4.40. The van der Waals surface area contributed by atoms with E-state index in [2.05, 4.69) is 15.1 Å². The van der Waals surface area contributed by atoms with Crippen molar-refractivity contribution in [3.63, 3.8) is 0 Å². The fourth-order valence-electron chi connectivity index (χ4n) is 3.19. The molecule has 2 aromatic rings. The molecule has 0 bridgehead atoms. The van der Waals surface area contributed by atoms with E-state index in [1.807, 2.05) is 0 Å². The van der Waals surface area contributed by atoms with Crippen molar-refractivity contribution in [1.82, 2.24) is 20.0 Å². The summed E-state index contributed by atoms with van der Waals surface area (Å²) in [5, 5.41) is 4.02. The third-order valence-corrected chi connectivity index (χ3v) is 4.40. The van der Waals surface area contributed by atoms with Crippen LogP contribution in [0.1, 0.15) is 45.9 Å². The lowest BCUT2D eigenvalue weighted by molar-refractivity contribution is 0.0720. The van der Waals surface area contributed by atoms with Crippen LogP contribution in [-0.4, -0.2) is 32.5 Å². The van der Waals surface area contributed by atoms with E-state index in [9.17, 15) is 4.79 Å². The highest BCUT2D eigenvalue weighted by atomic mass is 16.5. The molecule has 3 heterocycles. The highest BCUT2D eigenvalue weighted by molar-refractivity contribution is 5.94. The topological polar surface area (TPSA) is 98.1 Å². The van der Waals surface area contributed by atoms with Gasteiger partial charge in [-0.2, -0.15) is 0 Å². The van der Waals surface area contributed by atoms with Crippen molar-refractivity contribution in [3.8, 4) is 0 Å². The third kappa shape index (κ3) is 2.13. The summed E-state index contributed by atoms with van der Waals surface area (Å²) in [5.74, 6) is 1.04. The smallest absolute Gasteiger partial charge is 0.276 e. The van der Waals surface area contributed by atoms with E-state index in [-0.39, 0.29) is 11.9 Å². The fourth-order valence-corrected chi connectivity index (χ4v) is 3.19. The summed E-state index contributed by atoms with van der Waals surface area (Å²) < 4.78 is 5.34. The summed E-state index contributed by atoms with van der Waals surface area (Å²) in [7, 11) is 0. The zero-order chi connectivity index (χ0) is 15.1. The number of fused-ring (bicyclic) bond motifs is 2. The predicted octanol–water partition coefficient (Wildman–Crippen LogP) is 1.12. The number of nitrogens with two attached hydrogens (primary N) is 1. The van der Waals surface area contributed by atoms with Gasteiger partial charge in [0.15, 0.2) is 5.69 Å². The maximum absolute atomic E-state index is 12.8. The van der Waals surface area contributed by atoms with Gasteiger partial charge in [0.1, 0.15) is 5.76 Å². The highest BCUT2D eigenvalue weighted by Crippen LogP contribution is 2.26. The minimum absolute atomic E-state index is 0.0743. The Labute approximate surface area is 127 Å². The van der Waals surface area contributed by atoms with Crippen molar-refractivity contribution in [3.05, 3.63) is 34.5 Å². The van der Waals surface area contributed by atoms with Crippen LogP contribution in [0.4, 0.5) is 5.95 Å². The molecule has 114 valence electrons. The summed E-state index contributed by atoms with van der Waals surface area (Å²) in [4.78, 5) is 22.8. The Morgan fingerprint density at radius 3 is 3.05 bits per heavy atom. The molecule has 0 radical (unpaired) electrons. The minimum Gasteiger partial charge on any atom is -0.368 e. The van der Waals surface area contributed by atoms with Gasteiger partial charge in [0, 0.05) is 24.7 Å². The van der Waals surface area contributed by atoms with Crippen LogP contribution < -0.4 is 5.73 Å². The molecule has 2 aliphatic rings. The van der Waals surface area contributed by atoms with Crippen LogP contribution in [0.3, 0.4) is 0 Å². The quantitative estimate of drug-likeness (QED) is 0.847. The molecule has 0 atom stereocenters. The molecule has 0 saturated heterocycles. The van der Waals surface area contributed by atoms with Gasteiger partial charge in [-0.3, -0.25) is 4.79 Å². The Morgan fingerprint density at radius 1 is 1.27 bits per heavy atom. The molecule has 7 heteroatoms. The van der Waals surface area contributed by atoms with E-state index in [4.69, 9.17) is 10.3 Å². The molecule has 4 rings (SSSR count). The number of aryl methyl sites for hydroxylation is 1. The fraction of sp³-hybridized carbons (Fsp3) is 0.467. The molecular weight excluding hydrogens is 282 g/mol. The predicted molar refractivity (Wildman–Crippen MR) is 78.0 cm³/mol. The molecule has 7 nitrogen and oxygen atoms in total. The second kappa shape index (κ2) is 5.08. The van der Waals surface area contributed by atoms with Crippen LogP contribution in [0.2, 0.25) is 0 Å². The van der Waals surface area contributed by atoms with Crippen LogP contribution in [0.5, 0.6) is 0 Å². The van der Waals surface area contributed by atoms with Crippen LogP contribution in [0, 0.1) is 0 Å². The van der Waals surface area contributed by atoms with E-state index in [0.717, 1.165) is 54.7 Å². The van der Waals surface area contributed by atoms with E-state index < -0.39 is 0 Å². The average Bonchev–Trinajstić information content (AvgIpc) is 2.97. The van der Waals surface area contributed by atoms with Crippen LogP contribution >= 0.6 is 0 Å². The van der Waals surface area contributed by atoms with Gasteiger partial charge in [-0.15, -0.1) is 0 Å². The van der Waals surface area contributed by atoms with Crippen molar-refractivity contribution in [2.24, 2.45) is 0 Å². The largest absolute Gasteiger partial charge is 0.368 e. The molecule has 2 aromatic heterocycles. The number of nitrogens with zero attached hydrogens (tertiary/aromatic N) is 4. The van der Waals surface area contributed by atoms with Gasteiger partial charge in [-0.05, 0) is 31.2 Å². The Kier molecular flexibility index (Phi) is 3.06. The van der Waals surface area contributed by atoms with Crippen molar-refractivity contribution in [2.75, 3.05) is 12.3 Å². The van der Waals surface area contributed by atoms with Crippen molar-refractivity contribution in [2.45, 2.75) is 38.6 Å². The Bertz CT molecular complexity index is 740. The molecule has 0 unspecified atom stereocenters. The zero-order valence-electron chi connectivity index (χ0n) is 12.2. The van der Waals surface area contributed by atoms with Crippen LogP contribution in [0.25, 0.3) is 0 Å². The second-order valence-electron chi connectivity index (χ2n) is 5.82. The SMILES string of the molecule is Nc1ncc2c(n1)CN(C(=O)c1noc3c1CCCC3)CC2. The van der Waals surface area contributed by atoms with Crippen molar-refractivity contribution in [1.29, 1.82) is 0 Å². The molecule has 1 aliphatic heterocycles. The lowest BCUT2D eigenvalue weighted by Gasteiger charge is -2.27. The standard InChI is InChI=1S/C15H17N5O2/c16-15-17-7-9-5-6-20(8-11(9)18-15)14(21)13-10-3-1-2-4-12(10)22-19-13/h7H,1-6,8H2,(H2,16,17,18). The molecule has 0 fully saturated rings. The Morgan fingerprint density at radius 2 is 2.14 bits per heavy atom. The number of hydrogen-bond acceptors (Lipinski definition) is 6. The molecule has 1 amide bonds. The molecule has 1 aliphatic carbocycles. The summed E-state index contributed by atoms with van der Waals surface area (Å²) in [6.45, 7) is 1.09. The molecule has 2 N–H and O–H groups in total.